The van der Waals surface area contributed by atoms with E-state index in [1.54, 1.807) is 32.0 Å². The molecule has 47 heavy (non-hydrogen) atoms. The normalized spacial score (nSPS) is 19.8. The Morgan fingerprint density at radius 1 is 1.02 bits per heavy atom. The number of aromatic nitrogens is 1. The number of hydrogen-bond donors (Lipinski definition) is 2. The summed E-state index contributed by atoms with van der Waals surface area (Å²) >= 11 is 0. The van der Waals surface area contributed by atoms with Gasteiger partial charge in [0.2, 0.25) is 5.91 Å². The molecule has 1 amide bonds. The number of aliphatic hydroxyl groups is 1. The van der Waals surface area contributed by atoms with E-state index in [-0.39, 0.29) is 47.2 Å². The molecule has 2 aromatic carbocycles. The topological polar surface area (TPSA) is 151 Å². The van der Waals surface area contributed by atoms with Gasteiger partial charge in [-0.2, -0.15) is 17.5 Å². The number of rotatable bonds is 11. The van der Waals surface area contributed by atoms with Gasteiger partial charge in [0.1, 0.15) is 6.04 Å². The van der Waals surface area contributed by atoms with Crippen LogP contribution < -0.4 is 5.73 Å². The lowest BCUT2D eigenvalue weighted by atomic mass is 9.91. The zero-order valence-electron chi connectivity index (χ0n) is 26.2. The highest BCUT2D eigenvalue weighted by molar-refractivity contribution is 7.90. The first-order chi connectivity index (χ1) is 21.9. The number of amides is 1. The molecule has 0 spiro atoms. The number of sulfonamides is 1. The molecule has 10 nitrogen and oxygen atoms in total. The molecule has 3 N–H and O–H groups in total. The first-order valence-electron chi connectivity index (χ1n) is 15.0. The zero-order valence-corrected chi connectivity index (χ0v) is 27.8. The summed E-state index contributed by atoms with van der Waals surface area (Å²) in [6.45, 7) is 2.89. The predicted molar refractivity (Wildman–Crippen MR) is 170 cm³/mol. The van der Waals surface area contributed by atoms with Gasteiger partial charge < -0.3 is 10.8 Å². The summed E-state index contributed by atoms with van der Waals surface area (Å²) in [5, 5.41) is 11.2. The van der Waals surface area contributed by atoms with Gasteiger partial charge in [-0.1, -0.05) is 56.3 Å². The minimum atomic E-state index is -4.94. The van der Waals surface area contributed by atoms with Crippen LogP contribution in [-0.2, 0) is 24.7 Å². The number of halogens is 3. The second-order valence-electron chi connectivity index (χ2n) is 12.2. The van der Waals surface area contributed by atoms with Crippen LogP contribution in [0.4, 0.5) is 13.2 Å². The molecule has 1 fully saturated rings. The van der Waals surface area contributed by atoms with Gasteiger partial charge in [0, 0.05) is 31.6 Å². The number of carbonyl (C=O) groups is 1. The van der Waals surface area contributed by atoms with Crippen LogP contribution in [0, 0.1) is 5.92 Å². The number of pyridine rings is 1. The Kier molecular flexibility index (Phi) is 11.2. The van der Waals surface area contributed by atoms with E-state index in [2.05, 4.69) is 4.98 Å². The van der Waals surface area contributed by atoms with Crippen molar-refractivity contribution in [3.8, 4) is 11.1 Å². The van der Waals surface area contributed by atoms with Gasteiger partial charge in [0.15, 0.2) is 14.9 Å². The molecule has 1 aliphatic heterocycles. The van der Waals surface area contributed by atoms with E-state index in [1.807, 2.05) is 0 Å². The van der Waals surface area contributed by atoms with Crippen molar-refractivity contribution in [3.05, 3.63) is 78.5 Å². The third-order valence-corrected chi connectivity index (χ3v) is 11.1. The molecule has 3 aromatic rings. The second-order valence-corrected chi connectivity index (χ2v) is 16.1. The van der Waals surface area contributed by atoms with Crippen molar-refractivity contribution in [1.29, 1.82) is 0 Å². The van der Waals surface area contributed by atoms with E-state index in [9.17, 15) is 26.7 Å². The molecule has 2 heterocycles. The average molecular weight is 697 g/mol. The van der Waals surface area contributed by atoms with Crippen molar-refractivity contribution in [1.82, 2.24) is 14.2 Å². The molecular weight excluding hydrogens is 658 g/mol. The Hall–Kier alpha value is -3.37. The number of sulfone groups is 1. The molecule has 0 radical (unpaired) electrons. The standard InChI is InChI=1S/C32H39F3N4O6S2/c1-21(2)19-27(31(36)41)39(26-7-6-18-38(20-28(26)40)47(44,45)29-8-4-5-17-37-29)30(32(33,34)35)24-11-9-22(10-12-24)23-13-15-25(16-14-23)46(3,42)43/h4-5,8-17,21,26-28,30,40H,6-7,18-20H2,1-3H3,(H2,36,41)/t26?,27-,28?,30-/m0/s1. The number of carbonyl (C=O) groups excluding carboxylic acids is 1. The predicted octanol–water partition coefficient (Wildman–Crippen LogP) is 4.17. The third kappa shape index (κ3) is 8.57. The summed E-state index contributed by atoms with van der Waals surface area (Å²) in [5.74, 6) is -1.24. The van der Waals surface area contributed by atoms with Crippen LogP contribution in [0.1, 0.15) is 44.7 Å². The largest absolute Gasteiger partial charge is 0.408 e. The Labute approximate surface area is 273 Å². The molecule has 4 atom stereocenters. The van der Waals surface area contributed by atoms with Crippen molar-refractivity contribution < 1.29 is 39.9 Å². The second kappa shape index (κ2) is 14.4. The molecule has 2 unspecified atom stereocenters. The number of nitrogens with two attached hydrogens (primary N) is 1. The summed E-state index contributed by atoms with van der Waals surface area (Å²) < 4.78 is 97.0. The van der Waals surface area contributed by atoms with E-state index in [1.165, 1.54) is 54.7 Å². The fourth-order valence-electron chi connectivity index (χ4n) is 6.01. The summed E-state index contributed by atoms with van der Waals surface area (Å²) in [7, 11) is -7.61. The number of β-amino-alcohol motifs (C(OH)–C–C–N with tert-alkyl or cyclic N) is 1. The van der Waals surface area contributed by atoms with Gasteiger partial charge in [0.05, 0.1) is 17.0 Å². The zero-order chi connectivity index (χ0) is 34.7. The molecule has 0 aliphatic carbocycles. The van der Waals surface area contributed by atoms with E-state index in [4.69, 9.17) is 5.73 Å². The lowest BCUT2D eigenvalue weighted by Gasteiger charge is -2.44. The van der Waals surface area contributed by atoms with Crippen LogP contribution >= 0.6 is 0 Å². The van der Waals surface area contributed by atoms with Crippen molar-refractivity contribution in [2.75, 3.05) is 19.3 Å². The summed E-state index contributed by atoms with van der Waals surface area (Å²) in [4.78, 5) is 17.8. The first kappa shape index (κ1) is 36.5. The maximum Gasteiger partial charge on any atom is 0.408 e. The number of aliphatic hydroxyl groups excluding tert-OH is 1. The van der Waals surface area contributed by atoms with Crippen LogP contribution in [0.25, 0.3) is 11.1 Å². The van der Waals surface area contributed by atoms with Gasteiger partial charge >= 0.3 is 6.18 Å². The van der Waals surface area contributed by atoms with Gasteiger partial charge in [0.25, 0.3) is 10.0 Å². The molecule has 0 bridgehead atoms. The van der Waals surface area contributed by atoms with Crippen LogP contribution in [0.2, 0.25) is 0 Å². The highest BCUT2D eigenvalue weighted by atomic mass is 32.2. The molecule has 256 valence electrons. The fourth-order valence-corrected chi connectivity index (χ4v) is 8.06. The van der Waals surface area contributed by atoms with Crippen molar-refractivity contribution >= 4 is 25.8 Å². The van der Waals surface area contributed by atoms with E-state index in [0.29, 0.717) is 11.1 Å². The maximum absolute atomic E-state index is 15.2. The Morgan fingerprint density at radius 2 is 1.62 bits per heavy atom. The number of hydrogen-bond acceptors (Lipinski definition) is 8. The molecule has 1 aliphatic rings. The SMILES string of the molecule is CC(C)C[C@@H](C(N)=O)N(C1CCCN(S(=O)(=O)c2ccccn2)CC1O)[C@@H](c1ccc(-c2ccc(S(C)(=O)=O)cc2)cc1)C(F)(F)F. The lowest BCUT2D eigenvalue weighted by Crippen LogP contribution is -2.59. The lowest BCUT2D eigenvalue weighted by molar-refractivity contribution is -0.206. The molecule has 1 aromatic heterocycles. The van der Waals surface area contributed by atoms with Crippen LogP contribution in [0.15, 0.2) is 82.8 Å². The van der Waals surface area contributed by atoms with E-state index in [0.717, 1.165) is 15.5 Å². The van der Waals surface area contributed by atoms with Gasteiger partial charge in [-0.25, -0.2) is 21.8 Å². The molecule has 0 saturated carbocycles. The van der Waals surface area contributed by atoms with Gasteiger partial charge in [-0.3, -0.25) is 9.69 Å². The molecular formula is C32H39F3N4O6S2. The number of alkyl halides is 3. The minimum Gasteiger partial charge on any atom is -0.390 e. The van der Waals surface area contributed by atoms with Gasteiger partial charge in [-0.05, 0) is 66.1 Å². The van der Waals surface area contributed by atoms with Crippen molar-refractivity contribution in [3.63, 3.8) is 0 Å². The number of benzene rings is 2. The summed E-state index contributed by atoms with van der Waals surface area (Å²) in [6, 6.07) is 10.6. The monoisotopic (exact) mass is 696 g/mol. The van der Waals surface area contributed by atoms with E-state index >= 15 is 13.2 Å². The number of nitrogens with zero attached hydrogens (tertiary/aromatic N) is 3. The highest BCUT2D eigenvalue weighted by Gasteiger charge is 2.52. The molecule has 1 saturated heterocycles. The molecule has 4 rings (SSSR count). The summed E-state index contributed by atoms with van der Waals surface area (Å²) in [5.41, 5.74) is 6.66. The first-order valence-corrected chi connectivity index (χ1v) is 18.4. The summed E-state index contributed by atoms with van der Waals surface area (Å²) in [6.07, 6.45) is -4.15. The minimum absolute atomic E-state index is 0.0359. The molecule has 15 heteroatoms. The van der Waals surface area contributed by atoms with Gasteiger partial charge in [-0.15, -0.1) is 0 Å². The quantitative estimate of drug-likeness (QED) is 0.303. The van der Waals surface area contributed by atoms with E-state index < -0.39 is 62.7 Å². The van der Waals surface area contributed by atoms with Crippen molar-refractivity contribution in [2.24, 2.45) is 11.7 Å². The number of primary amides is 1. The smallest absolute Gasteiger partial charge is 0.390 e. The third-order valence-electron chi connectivity index (χ3n) is 8.20. The van der Waals surface area contributed by atoms with Crippen molar-refractivity contribution in [2.45, 2.75) is 73.4 Å². The van der Waals surface area contributed by atoms with Crippen LogP contribution in [0.5, 0.6) is 0 Å². The Balaban J connectivity index is 1.76. The maximum atomic E-state index is 15.2. The Bertz CT molecular complexity index is 1740. The van der Waals surface area contributed by atoms with Crippen LogP contribution in [-0.4, -0.2) is 85.7 Å². The van der Waals surface area contributed by atoms with Crippen LogP contribution in [0.3, 0.4) is 0 Å². The average Bonchev–Trinajstić information content (AvgIpc) is 3.20. The fraction of sp³-hybridized carbons (Fsp3) is 0.438. The Morgan fingerprint density at radius 3 is 2.11 bits per heavy atom. The highest BCUT2D eigenvalue weighted by Crippen LogP contribution is 2.43.